The Morgan fingerprint density at radius 3 is 2.07 bits per heavy atom. The number of rotatable bonds is 6. The van der Waals surface area contributed by atoms with Crippen molar-refractivity contribution in [1.82, 2.24) is 4.90 Å². The summed E-state index contributed by atoms with van der Waals surface area (Å²) >= 11 is 6.12. The predicted octanol–water partition coefficient (Wildman–Crippen LogP) is 5.99. The molecule has 0 aliphatic carbocycles. The Morgan fingerprint density at radius 1 is 0.759 bits per heavy atom. The van der Waals surface area contributed by atoms with Crippen LogP contribution < -0.4 is 4.90 Å². The molecule has 4 rings (SSSR count). The Bertz CT molecular complexity index is 900. The van der Waals surface area contributed by atoms with E-state index in [1.54, 1.807) is 0 Å². The fourth-order valence-electron chi connectivity index (χ4n) is 4.35. The summed E-state index contributed by atoms with van der Waals surface area (Å²) in [4.78, 5) is 5.14. The molecule has 1 saturated heterocycles. The number of aryl methyl sites for hydroxylation is 1. The SMILES string of the molecule is Cc1ccccc1N1CCN(CCC(c2ccccc2)c2ccc(Cl)cc2)CC1. The average molecular weight is 405 g/mol. The zero-order chi connectivity index (χ0) is 20.1. The lowest BCUT2D eigenvalue weighted by atomic mass is 9.88. The summed E-state index contributed by atoms with van der Waals surface area (Å²) in [5.74, 6) is 0.405. The number of halogens is 1. The summed E-state index contributed by atoms with van der Waals surface area (Å²) in [5, 5.41) is 0.799. The van der Waals surface area contributed by atoms with Gasteiger partial charge in [0, 0.05) is 42.8 Å². The molecule has 0 bridgehead atoms. The second-order valence-electron chi connectivity index (χ2n) is 7.92. The fraction of sp³-hybridized carbons (Fsp3) is 0.308. The van der Waals surface area contributed by atoms with Crippen LogP contribution in [-0.2, 0) is 0 Å². The van der Waals surface area contributed by atoms with Crippen LogP contribution in [0.25, 0.3) is 0 Å². The topological polar surface area (TPSA) is 6.48 Å². The van der Waals surface area contributed by atoms with Gasteiger partial charge < -0.3 is 4.90 Å². The third-order valence-corrected chi connectivity index (χ3v) is 6.29. The summed E-state index contributed by atoms with van der Waals surface area (Å²) in [6.45, 7) is 7.76. The van der Waals surface area contributed by atoms with Gasteiger partial charge in [0.05, 0.1) is 0 Å². The number of hydrogen-bond donors (Lipinski definition) is 0. The Morgan fingerprint density at radius 2 is 1.38 bits per heavy atom. The minimum atomic E-state index is 0.405. The fourth-order valence-corrected chi connectivity index (χ4v) is 4.47. The van der Waals surface area contributed by atoms with E-state index in [0.29, 0.717) is 5.92 Å². The lowest BCUT2D eigenvalue weighted by Gasteiger charge is -2.37. The van der Waals surface area contributed by atoms with Crippen molar-refractivity contribution in [3.05, 3.63) is 101 Å². The molecule has 1 aliphatic rings. The van der Waals surface area contributed by atoms with Gasteiger partial charge in [0.25, 0.3) is 0 Å². The third-order valence-electron chi connectivity index (χ3n) is 6.04. The largest absolute Gasteiger partial charge is 0.369 e. The van der Waals surface area contributed by atoms with Crippen LogP contribution in [-0.4, -0.2) is 37.6 Å². The van der Waals surface area contributed by atoms with E-state index in [1.807, 2.05) is 12.1 Å². The number of nitrogens with zero attached hydrogens (tertiary/aromatic N) is 2. The predicted molar refractivity (Wildman–Crippen MR) is 124 cm³/mol. The zero-order valence-electron chi connectivity index (χ0n) is 17.1. The van der Waals surface area contributed by atoms with Gasteiger partial charge in [-0.25, -0.2) is 0 Å². The highest BCUT2D eigenvalue weighted by molar-refractivity contribution is 6.30. The Labute approximate surface area is 179 Å². The summed E-state index contributed by atoms with van der Waals surface area (Å²) in [6.07, 6.45) is 1.12. The van der Waals surface area contributed by atoms with Crippen LogP contribution in [0, 0.1) is 6.92 Å². The maximum absolute atomic E-state index is 6.12. The molecule has 1 atom stereocenters. The lowest BCUT2D eigenvalue weighted by Crippen LogP contribution is -2.47. The van der Waals surface area contributed by atoms with Crippen LogP contribution in [0.4, 0.5) is 5.69 Å². The molecule has 0 N–H and O–H groups in total. The number of hydrogen-bond acceptors (Lipinski definition) is 2. The highest BCUT2D eigenvalue weighted by Crippen LogP contribution is 2.29. The molecule has 0 radical (unpaired) electrons. The second-order valence-corrected chi connectivity index (χ2v) is 8.36. The first kappa shape index (κ1) is 20.0. The first-order valence-electron chi connectivity index (χ1n) is 10.5. The monoisotopic (exact) mass is 404 g/mol. The van der Waals surface area contributed by atoms with Crippen molar-refractivity contribution in [2.45, 2.75) is 19.3 Å². The quantitative estimate of drug-likeness (QED) is 0.497. The van der Waals surface area contributed by atoms with Gasteiger partial charge in [-0.2, -0.15) is 0 Å². The van der Waals surface area contributed by atoms with Gasteiger partial charge >= 0.3 is 0 Å². The van der Waals surface area contributed by atoms with Crippen molar-refractivity contribution in [1.29, 1.82) is 0 Å². The van der Waals surface area contributed by atoms with E-state index in [-0.39, 0.29) is 0 Å². The minimum absolute atomic E-state index is 0.405. The summed E-state index contributed by atoms with van der Waals surface area (Å²) in [6, 6.07) is 27.9. The third kappa shape index (κ3) is 5.01. The number of para-hydroxylation sites is 1. The highest BCUT2D eigenvalue weighted by atomic mass is 35.5. The van der Waals surface area contributed by atoms with Gasteiger partial charge in [-0.05, 0) is 54.8 Å². The highest BCUT2D eigenvalue weighted by Gasteiger charge is 2.20. The van der Waals surface area contributed by atoms with Gasteiger partial charge in [-0.1, -0.05) is 72.3 Å². The lowest BCUT2D eigenvalue weighted by molar-refractivity contribution is 0.251. The molecule has 3 aromatic carbocycles. The minimum Gasteiger partial charge on any atom is -0.369 e. The molecule has 150 valence electrons. The van der Waals surface area contributed by atoms with Gasteiger partial charge in [0.15, 0.2) is 0 Å². The van der Waals surface area contributed by atoms with E-state index in [9.17, 15) is 0 Å². The molecule has 3 aromatic rings. The van der Waals surface area contributed by atoms with Crippen LogP contribution in [0.1, 0.15) is 29.0 Å². The van der Waals surface area contributed by atoms with Crippen LogP contribution >= 0.6 is 11.6 Å². The normalized spacial score (nSPS) is 16.0. The van der Waals surface area contributed by atoms with Crippen LogP contribution in [0.3, 0.4) is 0 Å². The van der Waals surface area contributed by atoms with Crippen molar-refractivity contribution in [2.24, 2.45) is 0 Å². The van der Waals surface area contributed by atoms with E-state index in [2.05, 4.69) is 83.5 Å². The smallest absolute Gasteiger partial charge is 0.0406 e. The molecule has 0 spiro atoms. The van der Waals surface area contributed by atoms with Crippen molar-refractivity contribution in [3.8, 4) is 0 Å². The van der Waals surface area contributed by atoms with Crippen LogP contribution in [0.15, 0.2) is 78.9 Å². The van der Waals surface area contributed by atoms with Gasteiger partial charge in [0.1, 0.15) is 0 Å². The molecule has 1 heterocycles. The molecule has 0 saturated carbocycles. The maximum Gasteiger partial charge on any atom is 0.0406 e. The molecule has 29 heavy (non-hydrogen) atoms. The molecule has 1 fully saturated rings. The van der Waals surface area contributed by atoms with E-state index < -0.39 is 0 Å². The molecular weight excluding hydrogens is 376 g/mol. The van der Waals surface area contributed by atoms with E-state index in [4.69, 9.17) is 11.6 Å². The molecule has 1 unspecified atom stereocenters. The van der Waals surface area contributed by atoms with Crippen molar-refractivity contribution in [3.63, 3.8) is 0 Å². The van der Waals surface area contributed by atoms with Crippen molar-refractivity contribution < 1.29 is 0 Å². The van der Waals surface area contributed by atoms with Crippen LogP contribution in [0.5, 0.6) is 0 Å². The Hall–Kier alpha value is -2.29. The summed E-state index contributed by atoms with van der Waals surface area (Å²) in [7, 11) is 0. The summed E-state index contributed by atoms with van der Waals surface area (Å²) < 4.78 is 0. The van der Waals surface area contributed by atoms with Gasteiger partial charge in [-0.15, -0.1) is 0 Å². The van der Waals surface area contributed by atoms with Gasteiger partial charge in [-0.3, -0.25) is 4.90 Å². The second kappa shape index (κ2) is 9.47. The van der Waals surface area contributed by atoms with E-state index in [1.165, 1.54) is 22.4 Å². The number of anilines is 1. The average Bonchev–Trinajstić information content (AvgIpc) is 2.77. The molecule has 2 nitrogen and oxygen atoms in total. The first-order chi connectivity index (χ1) is 14.2. The maximum atomic E-state index is 6.12. The molecule has 1 aliphatic heterocycles. The Balaban J connectivity index is 1.40. The molecule has 3 heteroatoms. The zero-order valence-corrected chi connectivity index (χ0v) is 17.9. The molecular formula is C26H29ClN2. The van der Waals surface area contributed by atoms with Crippen molar-refractivity contribution >= 4 is 17.3 Å². The summed E-state index contributed by atoms with van der Waals surface area (Å²) in [5.41, 5.74) is 5.48. The first-order valence-corrected chi connectivity index (χ1v) is 10.9. The number of benzene rings is 3. The van der Waals surface area contributed by atoms with E-state index >= 15 is 0 Å². The van der Waals surface area contributed by atoms with E-state index in [0.717, 1.165) is 44.2 Å². The van der Waals surface area contributed by atoms with Gasteiger partial charge in [0.2, 0.25) is 0 Å². The van der Waals surface area contributed by atoms with Crippen molar-refractivity contribution in [2.75, 3.05) is 37.6 Å². The molecule has 0 aromatic heterocycles. The standard InChI is InChI=1S/C26H29ClN2/c1-21-7-5-6-10-26(21)29-19-17-28(18-20-29)16-15-25(22-8-3-2-4-9-22)23-11-13-24(27)14-12-23/h2-14,25H,15-20H2,1H3. The molecule has 0 amide bonds. The number of piperazine rings is 1. The Kier molecular flexibility index (Phi) is 6.53. The van der Waals surface area contributed by atoms with Crippen LogP contribution in [0.2, 0.25) is 5.02 Å².